The lowest BCUT2D eigenvalue weighted by Crippen LogP contribution is -2.06. The summed E-state index contributed by atoms with van der Waals surface area (Å²) in [5, 5.41) is 3.63. The Balaban J connectivity index is 2.41. The van der Waals surface area contributed by atoms with Crippen molar-refractivity contribution in [3.8, 4) is 0 Å². The number of rotatable bonds is 4. The zero-order chi connectivity index (χ0) is 8.97. The van der Waals surface area contributed by atoms with Crippen LogP contribution in [0, 0.1) is 5.92 Å². The van der Waals surface area contributed by atoms with Crippen LogP contribution in [0.1, 0.15) is 12.8 Å². The number of aromatic nitrogens is 2. The molecule has 0 saturated heterocycles. The Morgan fingerprint density at radius 1 is 1.67 bits per heavy atom. The predicted octanol–water partition coefficient (Wildman–Crippen LogP) is 1.55. The quantitative estimate of drug-likeness (QED) is 0.723. The lowest BCUT2D eigenvalue weighted by Gasteiger charge is -2.05. The molecule has 1 aromatic rings. The van der Waals surface area contributed by atoms with Crippen molar-refractivity contribution < 1.29 is 9.26 Å². The van der Waals surface area contributed by atoms with Gasteiger partial charge in [0, 0.05) is 20.1 Å². The molecule has 0 aromatic carbocycles. The van der Waals surface area contributed by atoms with E-state index >= 15 is 0 Å². The van der Waals surface area contributed by atoms with Crippen LogP contribution in [-0.4, -0.2) is 23.9 Å². The molecule has 0 N–H and O–H groups in total. The molecule has 0 bridgehead atoms. The second-order valence-electron chi connectivity index (χ2n) is 2.72. The van der Waals surface area contributed by atoms with Gasteiger partial charge in [-0.3, -0.25) is 0 Å². The minimum atomic E-state index is 0.162. The number of hydrogen-bond acceptors (Lipinski definition) is 4. The van der Waals surface area contributed by atoms with Crippen molar-refractivity contribution in [3.05, 3.63) is 11.2 Å². The van der Waals surface area contributed by atoms with Crippen molar-refractivity contribution in [3.63, 3.8) is 0 Å². The normalized spacial score (nSPS) is 13.2. The van der Waals surface area contributed by atoms with Gasteiger partial charge in [0.2, 0.25) is 5.89 Å². The molecule has 0 spiro atoms. The van der Waals surface area contributed by atoms with Gasteiger partial charge in [-0.25, -0.2) is 0 Å². The first-order chi connectivity index (χ1) is 5.72. The van der Waals surface area contributed by atoms with Crippen LogP contribution >= 0.6 is 11.6 Å². The second kappa shape index (κ2) is 4.42. The van der Waals surface area contributed by atoms with Crippen LogP contribution in [0.5, 0.6) is 0 Å². The van der Waals surface area contributed by atoms with Gasteiger partial charge in [0.1, 0.15) is 0 Å². The third kappa shape index (κ3) is 2.79. The lowest BCUT2D eigenvalue weighted by atomic mass is 10.1. The van der Waals surface area contributed by atoms with E-state index in [0.717, 1.165) is 0 Å². The van der Waals surface area contributed by atoms with Gasteiger partial charge in [-0.15, -0.1) is 0 Å². The Bertz CT molecular complexity index is 239. The minimum absolute atomic E-state index is 0.162. The molecular formula is C7H11ClN2O2. The van der Waals surface area contributed by atoms with Crippen LogP contribution in [0.3, 0.4) is 0 Å². The van der Waals surface area contributed by atoms with E-state index in [1.807, 2.05) is 6.92 Å². The van der Waals surface area contributed by atoms with E-state index in [-0.39, 0.29) is 5.28 Å². The largest absolute Gasteiger partial charge is 0.384 e. The number of nitrogens with zero attached hydrogens (tertiary/aromatic N) is 2. The van der Waals surface area contributed by atoms with E-state index in [0.29, 0.717) is 24.8 Å². The van der Waals surface area contributed by atoms with Gasteiger partial charge in [0.25, 0.3) is 5.28 Å². The standard InChI is InChI=1S/C7H11ClN2O2/c1-5(4-11-2)3-6-9-7(8)10-12-6/h5H,3-4H2,1-2H3. The van der Waals surface area contributed by atoms with Crippen LogP contribution < -0.4 is 0 Å². The van der Waals surface area contributed by atoms with Crippen LogP contribution in [0.2, 0.25) is 5.28 Å². The molecule has 1 rings (SSSR count). The molecule has 12 heavy (non-hydrogen) atoms. The number of hydrogen-bond donors (Lipinski definition) is 0. The molecule has 1 heterocycles. The van der Waals surface area contributed by atoms with E-state index in [2.05, 4.69) is 10.1 Å². The molecule has 5 heteroatoms. The number of halogens is 1. The summed E-state index contributed by atoms with van der Waals surface area (Å²) in [7, 11) is 1.66. The molecule has 1 aromatic heterocycles. The molecular weight excluding hydrogens is 180 g/mol. The molecule has 0 fully saturated rings. The summed E-state index contributed by atoms with van der Waals surface area (Å²) in [5.74, 6) is 0.927. The Labute approximate surface area is 75.9 Å². The predicted molar refractivity (Wildman–Crippen MR) is 44.1 cm³/mol. The fourth-order valence-corrected chi connectivity index (χ4v) is 1.09. The van der Waals surface area contributed by atoms with Gasteiger partial charge >= 0.3 is 0 Å². The van der Waals surface area contributed by atoms with E-state index in [1.54, 1.807) is 7.11 Å². The van der Waals surface area contributed by atoms with Crippen molar-refractivity contribution in [2.24, 2.45) is 5.92 Å². The van der Waals surface area contributed by atoms with E-state index < -0.39 is 0 Å². The van der Waals surface area contributed by atoms with Gasteiger partial charge in [-0.05, 0) is 22.7 Å². The third-order valence-corrected chi connectivity index (χ3v) is 1.57. The maximum atomic E-state index is 5.47. The maximum absolute atomic E-state index is 5.47. The highest BCUT2D eigenvalue weighted by molar-refractivity contribution is 6.28. The average molecular weight is 191 g/mol. The molecule has 0 saturated carbocycles. The Kier molecular flexibility index (Phi) is 3.49. The summed E-state index contributed by atoms with van der Waals surface area (Å²) in [6, 6.07) is 0. The zero-order valence-electron chi connectivity index (χ0n) is 7.08. The summed E-state index contributed by atoms with van der Waals surface area (Å²) in [4.78, 5) is 3.87. The molecule has 0 aliphatic rings. The molecule has 1 unspecified atom stereocenters. The molecule has 0 radical (unpaired) electrons. The molecule has 0 aliphatic carbocycles. The van der Waals surface area contributed by atoms with Crippen LogP contribution in [0.25, 0.3) is 0 Å². The van der Waals surface area contributed by atoms with Gasteiger partial charge in [0.05, 0.1) is 0 Å². The van der Waals surface area contributed by atoms with Crippen LogP contribution in [0.4, 0.5) is 0 Å². The first-order valence-corrected chi connectivity index (χ1v) is 4.07. The van der Waals surface area contributed by atoms with E-state index in [4.69, 9.17) is 20.9 Å². The topological polar surface area (TPSA) is 48.2 Å². The van der Waals surface area contributed by atoms with Crippen molar-refractivity contribution in [1.82, 2.24) is 10.1 Å². The molecule has 1 atom stereocenters. The number of ether oxygens (including phenoxy) is 1. The smallest absolute Gasteiger partial charge is 0.263 e. The first-order valence-electron chi connectivity index (χ1n) is 3.69. The lowest BCUT2D eigenvalue weighted by molar-refractivity contribution is 0.155. The monoisotopic (exact) mass is 190 g/mol. The highest BCUT2D eigenvalue weighted by Crippen LogP contribution is 2.08. The van der Waals surface area contributed by atoms with Crippen molar-refractivity contribution in [1.29, 1.82) is 0 Å². The summed E-state index contributed by atoms with van der Waals surface area (Å²) in [5.41, 5.74) is 0. The van der Waals surface area contributed by atoms with Crippen LogP contribution in [0.15, 0.2) is 4.52 Å². The number of methoxy groups -OCH3 is 1. The fraction of sp³-hybridized carbons (Fsp3) is 0.714. The van der Waals surface area contributed by atoms with Gasteiger partial charge < -0.3 is 9.26 Å². The van der Waals surface area contributed by atoms with Crippen molar-refractivity contribution in [2.75, 3.05) is 13.7 Å². The summed E-state index contributed by atoms with van der Waals surface area (Å²) >= 11 is 5.47. The molecule has 0 aliphatic heterocycles. The summed E-state index contributed by atoms with van der Waals surface area (Å²) < 4.78 is 9.79. The average Bonchev–Trinajstić information content (AvgIpc) is 2.36. The first kappa shape index (κ1) is 9.48. The Hall–Kier alpha value is -0.610. The zero-order valence-corrected chi connectivity index (χ0v) is 7.84. The van der Waals surface area contributed by atoms with Crippen LogP contribution in [-0.2, 0) is 11.2 Å². The van der Waals surface area contributed by atoms with Gasteiger partial charge in [-0.1, -0.05) is 6.92 Å². The van der Waals surface area contributed by atoms with E-state index in [1.165, 1.54) is 0 Å². The highest BCUT2D eigenvalue weighted by atomic mass is 35.5. The Morgan fingerprint density at radius 3 is 2.92 bits per heavy atom. The molecule has 68 valence electrons. The fourth-order valence-electron chi connectivity index (χ4n) is 0.959. The third-order valence-electron chi connectivity index (χ3n) is 1.42. The minimum Gasteiger partial charge on any atom is -0.384 e. The van der Waals surface area contributed by atoms with Crippen molar-refractivity contribution in [2.45, 2.75) is 13.3 Å². The van der Waals surface area contributed by atoms with Crippen molar-refractivity contribution >= 4 is 11.6 Å². The molecule has 4 nitrogen and oxygen atoms in total. The summed E-state index contributed by atoms with van der Waals surface area (Å²) in [6.45, 7) is 2.72. The summed E-state index contributed by atoms with van der Waals surface area (Å²) in [6.07, 6.45) is 0.702. The maximum Gasteiger partial charge on any atom is 0.263 e. The molecule has 0 amide bonds. The van der Waals surface area contributed by atoms with Gasteiger partial charge in [-0.2, -0.15) is 4.98 Å². The highest BCUT2D eigenvalue weighted by Gasteiger charge is 2.09. The van der Waals surface area contributed by atoms with E-state index in [9.17, 15) is 0 Å². The van der Waals surface area contributed by atoms with Gasteiger partial charge in [0.15, 0.2) is 0 Å². The Morgan fingerprint density at radius 2 is 2.42 bits per heavy atom. The SMILES string of the molecule is COCC(C)Cc1nc(Cl)no1. The second-order valence-corrected chi connectivity index (χ2v) is 3.06.